The van der Waals surface area contributed by atoms with Gasteiger partial charge in [0.2, 0.25) is 0 Å². The first kappa shape index (κ1) is 13.1. The van der Waals surface area contributed by atoms with Crippen LogP contribution in [0.2, 0.25) is 0 Å². The Kier molecular flexibility index (Phi) is 3.73. The lowest BCUT2D eigenvalue weighted by molar-refractivity contribution is 0.415. The third-order valence-corrected chi connectivity index (χ3v) is 2.99. The number of benzene rings is 2. The first-order chi connectivity index (χ1) is 10.3. The molecule has 3 aromatic rings. The molecule has 21 heavy (non-hydrogen) atoms. The number of hydrogen-bond acceptors (Lipinski definition) is 5. The maximum absolute atomic E-state index is 5.10. The predicted octanol–water partition coefficient (Wildman–Crippen LogP) is 3.08. The standard InChI is InChI=1S/C16H14N4O/c1-21-14-5-3-13(4-6-14)20-19-11-12-2-7-15-16(10-12)18-9-8-17-15/h2-11,20H,1H3/b19-11+. The van der Waals surface area contributed by atoms with E-state index in [0.29, 0.717) is 0 Å². The smallest absolute Gasteiger partial charge is 0.119 e. The fourth-order valence-corrected chi connectivity index (χ4v) is 1.91. The summed E-state index contributed by atoms with van der Waals surface area (Å²) in [5.74, 6) is 0.817. The lowest BCUT2D eigenvalue weighted by atomic mass is 10.2. The summed E-state index contributed by atoms with van der Waals surface area (Å²) in [6, 6.07) is 13.4. The lowest BCUT2D eigenvalue weighted by Gasteiger charge is -2.02. The van der Waals surface area contributed by atoms with E-state index >= 15 is 0 Å². The number of nitrogens with zero attached hydrogens (tertiary/aromatic N) is 3. The fraction of sp³-hybridized carbons (Fsp3) is 0.0625. The van der Waals surface area contributed by atoms with Crippen molar-refractivity contribution in [3.63, 3.8) is 0 Å². The van der Waals surface area contributed by atoms with E-state index in [9.17, 15) is 0 Å². The number of nitrogens with one attached hydrogen (secondary N) is 1. The summed E-state index contributed by atoms with van der Waals surface area (Å²) < 4.78 is 5.10. The zero-order chi connectivity index (χ0) is 14.5. The van der Waals surface area contributed by atoms with Gasteiger partial charge in [0.1, 0.15) is 5.75 Å². The minimum Gasteiger partial charge on any atom is -0.497 e. The van der Waals surface area contributed by atoms with Crippen molar-refractivity contribution < 1.29 is 4.74 Å². The summed E-state index contributed by atoms with van der Waals surface area (Å²) in [6.45, 7) is 0. The van der Waals surface area contributed by atoms with E-state index in [1.54, 1.807) is 25.7 Å². The van der Waals surface area contributed by atoms with Crippen LogP contribution in [0.4, 0.5) is 5.69 Å². The van der Waals surface area contributed by atoms with Crippen molar-refractivity contribution in [3.8, 4) is 5.75 Å². The van der Waals surface area contributed by atoms with Crippen molar-refractivity contribution in [3.05, 3.63) is 60.4 Å². The Morgan fingerprint density at radius 2 is 1.76 bits per heavy atom. The number of aromatic nitrogens is 2. The van der Waals surface area contributed by atoms with Crippen molar-refractivity contribution >= 4 is 22.9 Å². The highest BCUT2D eigenvalue weighted by Crippen LogP contribution is 2.15. The van der Waals surface area contributed by atoms with Gasteiger partial charge in [0.25, 0.3) is 0 Å². The van der Waals surface area contributed by atoms with Crippen molar-refractivity contribution in [2.24, 2.45) is 5.10 Å². The van der Waals surface area contributed by atoms with Crippen molar-refractivity contribution in [1.29, 1.82) is 0 Å². The molecule has 0 aliphatic heterocycles. The van der Waals surface area contributed by atoms with Gasteiger partial charge in [-0.1, -0.05) is 6.07 Å². The van der Waals surface area contributed by atoms with Crippen LogP contribution in [0.25, 0.3) is 11.0 Å². The summed E-state index contributed by atoms with van der Waals surface area (Å²) in [5.41, 5.74) is 6.55. The molecule has 104 valence electrons. The number of anilines is 1. The van der Waals surface area contributed by atoms with Crippen LogP contribution in [0.5, 0.6) is 5.75 Å². The van der Waals surface area contributed by atoms with Gasteiger partial charge < -0.3 is 4.74 Å². The van der Waals surface area contributed by atoms with Crippen LogP contribution >= 0.6 is 0 Å². The molecule has 1 heterocycles. The Bertz CT molecular complexity index is 769. The summed E-state index contributed by atoms with van der Waals surface area (Å²) in [7, 11) is 1.64. The Morgan fingerprint density at radius 1 is 1.00 bits per heavy atom. The number of fused-ring (bicyclic) bond motifs is 1. The fourth-order valence-electron chi connectivity index (χ4n) is 1.91. The van der Waals surface area contributed by atoms with E-state index in [1.165, 1.54) is 0 Å². The van der Waals surface area contributed by atoms with Crippen molar-refractivity contribution in [2.45, 2.75) is 0 Å². The molecule has 0 aliphatic carbocycles. The van der Waals surface area contributed by atoms with E-state index in [2.05, 4.69) is 20.5 Å². The van der Waals surface area contributed by atoms with E-state index in [-0.39, 0.29) is 0 Å². The zero-order valence-corrected chi connectivity index (χ0v) is 11.5. The molecule has 3 rings (SSSR count). The highest BCUT2D eigenvalue weighted by molar-refractivity contribution is 5.86. The molecule has 0 spiro atoms. The van der Waals surface area contributed by atoms with Crippen molar-refractivity contribution in [2.75, 3.05) is 12.5 Å². The summed E-state index contributed by atoms with van der Waals surface area (Å²) >= 11 is 0. The highest BCUT2D eigenvalue weighted by atomic mass is 16.5. The largest absolute Gasteiger partial charge is 0.497 e. The molecule has 0 fully saturated rings. The molecule has 0 unspecified atom stereocenters. The molecule has 0 aliphatic rings. The van der Waals surface area contributed by atoms with Crippen LogP contribution in [0.1, 0.15) is 5.56 Å². The molecular formula is C16H14N4O. The zero-order valence-electron chi connectivity index (χ0n) is 11.5. The quantitative estimate of drug-likeness (QED) is 0.588. The van der Waals surface area contributed by atoms with Crippen LogP contribution in [-0.2, 0) is 0 Å². The van der Waals surface area contributed by atoms with Crippen LogP contribution in [0.15, 0.2) is 60.0 Å². The van der Waals surface area contributed by atoms with E-state index in [0.717, 1.165) is 28.0 Å². The Labute approximate surface area is 122 Å². The lowest BCUT2D eigenvalue weighted by Crippen LogP contribution is -1.91. The second-order valence-corrected chi connectivity index (χ2v) is 4.40. The number of rotatable bonds is 4. The first-order valence-corrected chi connectivity index (χ1v) is 6.49. The Balaban J connectivity index is 1.71. The van der Waals surface area contributed by atoms with E-state index in [4.69, 9.17) is 4.74 Å². The van der Waals surface area contributed by atoms with Gasteiger partial charge >= 0.3 is 0 Å². The second kappa shape index (κ2) is 6.00. The first-order valence-electron chi connectivity index (χ1n) is 6.49. The van der Waals surface area contributed by atoms with Crippen LogP contribution in [0.3, 0.4) is 0 Å². The molecular weight excluding hydrogens is 264 g/mol. The minimum atomic E-state index is 0.817. The molecule has 1 aromatic heterocycles. The van der Waals surface area contributed by atoms with Gasteiger partial charge in [-0.15, -0.1) is 0 Å². The molecule has 0 radical (unpaired) electrons. The third kappa shape index (κ3) is 3.14. The van der Waals surface area contributed by atoms with Gasteiger partial charge in [0.05, 0.1) is 30.0 Å². The van der Waals surface area contributed by atoms with E-state index in [1.807, 2.05) is 42.5 Å². The van der Waals surface area contributed by atoms with Gasteiger partial charge in [-0.25, -0.2) is 0 Å². The van der Waals surface area contributed by atoms with Gasteiger partial charge in [0, 0.05) is 12.4 Å². The summed E-state index contributed by atoms with van der Waals surface area (Å²) in [5, 5.41) is 4.21. The summed E-state index contributed by atoms with van der Waals surface area (Å²) in [6.07, 6.45) is 5.11. The highest BCUT2D eigenvalue weighted by Gasteiger charge is 1.96. The number of hydrazone groups is 1. The van der Waals surface area contributed by atoms with E-state index < -0.39 is 0 Å². The monoisotopic (exact) mass is 278 g/mol. The van der Waals surface area contributed by atoms with Gasteiger partial charge in [-0.3, -0.25) is 15.4 Å². The third-order valence-electron chi connectivity index (χ3n) is 2.99. The maximum Gasteiger partial charge on any atom is 0.119 e. The SMILES string of the molecule is COc1ccc(N/N=C/c2ccc3nccnc3c2)cc1. The molecule has 0 saturated carbocycles. The van der Waals surface area contributed by atoms with Crippen LogP contribution in [0, 0.1) is 0 Å². The van der Waals surface area contributed by atoms with Crippen LogP contribution in [-0.4, -0.2) is 23.3 Å². The Morgan fingerprint density at radius 3 is 2.52 bits per heavy atom. The van der Waals surface area contributed by atoms with Gasteiger partial charge in [-0.05, 0) is 42.0 Å². The Hall–Kier alpha value is -2.95. The van der Waals surface area contributed by atoms with Crippen molar-refractivity contribution in [1.82, 2.24) is 9.97 Å². The topological polar surface area (TPSA) is 59.4 Å². The number of methoxy groups -OCH3 is 1. The molecule has 0 saturated heterocycles. The summed E-state index contributed by atoms with van der Waals surface area (Å²) in [4.78, 5) is 8.50. The maximum atomic E-state index is 5.10. The minimum absolute atomic E-state index is 0.817. The van der Waals surface area contributed by atoms with Crippen LogP contribution < -0.4 is 10.2 Å². The molecule has 5 heteroatoms. The molecule has 0 bridgehead atoms. The number of ether oxygens (including phenoxy) is 1. The normalized spacial score (nSPS) is 10.9. The molecule has 0 amide bonds. The second-order valence-electron chi connectivity index (χ2n) is 4.40. The molecule has 0 atom stereocenters. The number of hydrogen-bond donors (Lipinski definition) is 1. The average molecular weight is 278 g/mol. The predicted molar refractivity (Wildman–Crippen MR) is 83.7 cm³/mol. The molecule has 1 N–H and O–H groups in total. The van der Waals surface area contributed by atoms with Gasteiger partial charge in [-0.2, -0.15) is 5.10 Å². The molecule has 2 aromatic carbocycles. The van der Waals surface area contributed by atoms with Gasteiger partial charge in [0.15, 0.2) is 0 Å². The molecule has 5 nitrogen and oxygen atoms in total. The average Bonchev–Trinajstić information content (AvgIpc) is 2.55.